The Morgan fingerprint density at radius 2 is 1.84 bits per heavy atom. The smallest absolute Gasteiger partial charge is 0.307 e. The van der Waals surface area contributed by atoms with Gasteiger partial charge in [-0.05, 0) is 80.8 Å². The number of aliphatic hydroxyl groups excluding tert-OH is 2. The summed E-state index contributed by atoms with van der Waals surface area (Å²) in [6.45, 7) is 3.50. The molecule has 1 heterocycles. The fourth-order valence-corrected chi connectivity index (χ4v) is 6.74. The molecule has 5 heteroatoms. The van der Waals surface area contributed by atoms with E-state index in [1.165, 1.54) is 25.7 Å². The van der Waals surface area contributed by atoms with Crippen LogP contribution in [0.4, 0.5) is 0 Å². The Labute approximate surface area is 185 Å². The molecule has 3 aliphatic carbocycles. The molecule has 2 saturated carbocycles. The number of Topliss-reactive ketones (excluding diaryl/α,β-unsaturated/α-hetero) is 1. The number of esters is 1. The van der Waals surface area contributed by atoms with E-state index in [2.05, 4.69) is 6.08 Å². The highest BCUT2D eigenvalue weighted by molar-refractivity contribution is 5.99. The van der Waals surface area contributed by atoms with E-state index in [1.807, 2.05) is 6.92 Å². The highest BCUT2D eigenvalue weighted by atomic mass is 16.5. The molecular formula is C26H38O5. The number of rotatable bonds is 2. The Morgan fingerprint density at radius 3 is 2.61 bits per heavy atom. The molecular weight excluding hydrogens is 392 g/mol. The van der Waals surface area contributed by atoms with Crippen molar-refractivity contribution in [3.8, 4) is 0 Å². The third kappa shape index (κ3) is 4.83. The maximum atomic E-state index is 13.4. The summed E-state index contributed by atoms with van der Waals surface area (Å²) in [6, 6.07) is 0. The van der Waals surface area contributed by atoms with Gasteiger partial charge in [-0.3, -0.25) is 9.59 Å². The monoisotopic (exact) mass is 430 g/mol. The van der Waals surface area contributed by atoms with Crippen molar-refractivity contribution < 1.29 is 24.5 Å². The summed E-state index contributed by atoms with van der Waals surface area (Å²) in [6.07, 6.45) is 11.9. The van der Waals surface area contributed by atoms with E-state index >= 15 is 0 Å². The van der Waals surface area contributed by atoms with Crippen LogP contribution in [0.15, 0.2) is 23.8 Å². The molecule has 4 rings (SSSR count). The number of ketones is 1. The fourth-order valence-electron chi connectivity index (χ4n) is 6.74. The number of fused-ring (bicyclic) bond motifs is 5. The second kappa shape index (κ2) is 9.58. The van der Waals surface area contributed by atoms with Gasteiger partial charge in [0.1, 0.15) is 6.10 Å². The molecule has 31 heavy (non-hydrogen) atoms. The summed E-state index contributed by atoms with van der Waals surface area (Å²) in [5.74, 6) is 1.35. The van der Waals surface area contributed by atoms with Gasteiger partial charge in [-0.25, -0.2) is 0 Å². The minimum Gasteiger partial charge on any atom is -0.458 e. The summed E-state index contributed by atoms with van der Waals surface area (Å²) in [5, 5.41) is 20.3. The number of cyclic esters (lactones) is 1. The molecule has 0 radical (unpaired) electrons. The molecule has 8 unspecified atom stereocenters. The lowest BCUT2D eigenvalue weighted by Crippen LogP contribution is -2.35. The number of hydrogen-bond acceptors (Lipinski definition) is 5. The summed E-state index contributed by atoms with van der Waals surface area (Å²) in [7, 11) is 0. The lowest BCUT2D eigenvalue weighted by atomic mass is 9.66. The average molecular weight is 431 g/mol. The first kappa shape index (κ1) is 22.7. The first-order chi connectivity index (χ1) is 14.8. The van der Waals surface area contributed by atoms with Crippen molar-refractivity contribution in [3.63, 3.8) is 0 Å². The van der Waals surface area contributed by atoms with Gasteiger partial charge in [-0.2, -0.15) is 0 Å². The Morgan fingerprint density at radius 1 is 1.06 bits per heavy atom. The molecule has 0 aromatic carbocycles. The molecule has 0 amide bonds. The van der Waals surface area contributed by atoms with Gasteiger partial charge in [0.15, 0.2) is 5.78 Å². The summed E-state index contributed by atoms with van der Waals surface area (Å²) < 4.78 is 5.79. The topological polar surface area (TPSA) is 83.8 Å². The van der Waals surface area contributed by atoms with Crippen molar-refractivity contribution in [2.75, 3.05) is 0 Å². The van der Waals surface area contributed by atoms with Gasteiger partial charge in [0.2, 0.25) is 0 Å². The first-order valence-corrected chi connectivity index (χ1v) is 12.3. The van der Waals surface area contributed by atoms with Crippen LogP contribution in [0.5, 0.6) is 0 Å². The summed E-state index contributed by atoms with van der Waals surface area (Å²) in [5.41, 5.74) is 0.780. The predicted molar refractivity (Wildman–Crippen MR) is 118 cm³/mol. The third-order valence-electron chi connectivity index (χ3n) is 8.40. The van der Waals surface area contributed by atoms with Crippen LogP contribution in [0.2, 0.25) is 0 Å². The van der Waals surface area contributed by atoms with E-state index < -0.39 is 24.2 Å². The molecule has 0 spiro atoms. The summed E-state index contributed by atoms with van der Waals surface area (Å²) in [4.78, 5) is 26.4. The predicted octanol–water partition coefficient (Wildman–Crippen LogP) is 3.97. The molecule has 172 valence electrons. The Bertz CT molecular complexity index is 738. The number of carbonyl (C=O) groups excluding carboxylic acids is 2. The highest BCUT2D eigenvalue weighted by Crippen LogP contribution is 2.56. The van der Waals surface area contributed by atoms with Crippen LogP contribution >= 0.6 is 0 Å². The highest BCUT2D eigenvalue weighted by Gasteiger charge is 2.50. The number of carbonyl (C=O) groups is 2. The van der Waals surface area contributed by atoms with Crippen LogP contribution in [0, 0.1) is 35.5 Å². The van der Waals surface area contributed by atoms with E-state index in [0.717, 1.165) is 17.9 Å². The Kier molecular flexibility index (Phi) is 7.02. The second-order valence-electron chi connectivity index (χ2n) is 10.4. The molecule has 3 fully saturated rings. The van der Waals surface area contributed by atoms with Crippen molar-refractivity contribution in [1.29, 1.82) is 0 Å². The standard InChI is InChI=1S/C26H38O5/c1-15(27)9-11-18-6-4-8-24(28)16(2)26(30)23-13-21-19-7-3-5-17(19)10-12-20(21)22(23)14-25(29)31-18/h9,11,13,15-22,24,27-28H,3-8,10,12,14H2,1-2H3/b11-9+/t15?,16?,17?,18?,19?,20?,21?,22?,24-/m0/s1. The Hall–Kier alpha value is -1.46. The van der Waals surface area contributed by atoms with E-state index in [4.69, 9.17) is 4.74 Å². The van der Waals surface area contributed by atoms with Crippen LogP contribution in [-0.2, 0) is 14.3 Å². The van der Waals surface area contributed by atoms with E-state index in [1.54, 1.807) is 19.1 Å². The molecule has 5 nitrogen and oxygen atoms in total. The number of ether oxygens (including phenoxy) is 1. The van der Waals surface area contributed by atoms with Gasteiger partial charge in [0.05, 0.1) is 18.6 Å². The van der Waals surface area contributed by atoms with E-state index in [9.17, 15) is 19.8 Å². The van der Waals surface area contributed by atoms with Crippen LogP contribution in [0.25, 0.3) is 0 Å². The van der Waals surface area contributed by atoms with Crippen molar-refractivity contribution in [1.82, 2.24) is 0 Å². The quantitative estimate of drug-likeness (QED) is 0.511. The van der Waals surface area contributed by atoms with Crippen LogP contribution in [-0.4, -0.2) is 40.3 Å². The largest absolute Gasteiger partial charge is 0.458 e. The normalized spacial score (nSPS) is 42.6. The average Bonchev–Trinajstić information content (AvgIpc) is 3.34. The van der Waals surface area contributed by atoms with E-state index in [0.29, 0.717) is 37.0 Å². The first-order valence-electron chi connectivity index (χ1n) is 12.3. The van der Waals surface area contributed by atoms with Crippen molar-refractivity contribution in [2.24, 2.45) is 35.5 Å². The molecule has 2 N–H and O–H groups in total. The van der Waals surface area contributed by atoms with Gasteiger partial charge in [0, 0.05) is 11.8 Å². The molecule has 1 aliphatic heterocycles. The minimum atomic E-state index is -0.688. The van der Waals surface area contributed by atoms with Gasteiger partial charge in [0.25, 0.3) is 0 Å². The van der Waals surface area contributed by atoms with Crippen LogP contribution < -0.4 is 0 Å². The molecule has 9 atom stereocenters. The zero-order valence-electron chi connectivity index (χ0n) is 18.9. The van der Waals surface area contributed by atoms with E-state index in [-0.39, 0.29) is 24.1 Å². The maximum absolute atomic E-state index is 13.4. The fraction of sp³-hybridized carbons (Fsp3) is 0.769. The molecule has 1 saturated heterocycles. The zero-order valence-corrected chi connectivity index (χ0v) is 18.9. The lowest BCUT2D eigenvalue weighted by Gasteiger charge is -2.38. The second-order valence-corrected chi connectivity index (χ2v) is 10.4. The van der Waals surface area contributed by atoms with Gasteiger partial charge < -0.3 is 14.9 Å². The number of aliphatic hydroxyl groups is 2. The lowest BCUT2D eigenvalue weighted by molar-refractivity contribution is -0.148. The van der Waals surface area contributed by atoms with Crippen molar-refractivity contribution in [2.45, 2.75) is 89.9 Å². The SMILES string of the molecule is CC(O)/C=C/C1CCC[C@H](O)C(C)C(=O)C2=CC3C4CCCC4CCC3C2CC(=O)O1. The minimum absolute atomic E-state index is 0.0281. The molecule has 0 bridgehead atoms. The van der Waals surface area contributed by atoms with Gasteiger partial charge in [-0.1, -0.05) is 31.9 Å². The third-order valence-corrected chi connectivity index (χ3v) is 8.40. The maximum Gasteiger partial charge on any atom is 0.307 e. The molecule has 4 aliphatic rings. The Balaban J connectivity index is 1.60. The summed E-state index contributed by atoms with van der Waals surface area (Å²) >= 11 is 0. The van der Waals surface area contributed by atoms with Crippen LogP contribution in [0.3, 0.4) is 0 Å². The van der Waals surface area contributed by atoms with Crippen molar-refractivity contribution in [3.05, 3.63) is 23.8 Å². The number of allylic oxidation sites excluding steroid dienone is 2. The van der Waals surface area contributed by atoms with Gasteiger partial charge in [-0.15, -0.1) is 0 Å². The van der Waals surface area contributed by atoms with Crippen molar-refractivity contribution >= 4 is 11.8 Å². The molecule has 0 aromatic heterocycles. The van der Waals surface area contributed by atoms with Crippen LogP contribution in [0.1, 0.15) is 71.6 Å². The molecule has 0 aromatic rings. The number of hydrogen-bond donors (Lipinski definition) is 2. The zero-order chi connectivity index (χ0) is 22.1. The van der Waals surface area contributed by atoms with Gasteiger partial charge >= 0.3 is 5.97 Å².